The van der Waals surface area contributed by atoms with Crippen LogP contribution in [0.1, 0.15) is 19.8 Å². The van der Waals surface area contributed by atoms with Crippen LogP contribution in [0.4, 0.5) is 5.95 Å². The van der Waals surface area contributed by atoms with Crippen LogP contribution >= 0.6 is 0 Å². The van der Waals surface area contributed by atoms with Crippen molar-refractivity contribution in [2.75, 3.05) is 32.1 Å². The second kappa shape index (κ2) is 6.26. The van der Waals surface area contributed by atoms with E-state index in [-0.39, 0.29) is 0 Å². The Hall–Kier alpha value is -1.88. The summed E-state index contributed by atoms with van der Waals surface area (Å²) in [5.41, 5.74) is 0.911. The first kappa shape index (κ1) is 14.1. The summed E-state index contributed by atoms with van der Waals surface area (Å²) in [6, 6.07) is 8.72. The van der Waals surface area contributed by atoms with E-state index in [0.717, 1.165) is 30.0 Å². The first-order valence-electron chi connectivity index (χ1n) is 7.61. The van der Waals surface area contributed by atoms with E-state index in [1.54, 1.807) is 0 Å². The average molecular weight is 286 g/mol. The third-order valence-corrected chi connectivity index (χ3v) is 3.76. The molecule has 5 nitrogen and oxygen atoms in total. The van der Waals surface area contributed by atoms with Gasteiger partial charge >= 0.3 is 0 Å². The predicted molar refractivity (Wildman–Crippen MR) is 84.8 cm³/mol. The van der Waals surface area contributed by atoms with Gasteiger partial charge in [0.2, 0.25) is 11.8 Å². The molecule has 0 amide bonds. The number of likely N-dealkylation sites (N-methyl/N-ethyl adjacent to an activating group) is 1. The van der Waals surface area contributed by atoms with Gasteiger partial charge in [-0.3, -0.25) is 0 Å². The highest BCUT2D eigenvalue weighted by atomic mass is 16.5. The summed E-state index contributed by atoms with van der Waals surface area (Å²) in [6.45, 7) is 4.41. The lowest BCUT2D eigenvalue weighted by atomic mass is 10.2. The maximum Gasteiger partial charge on any atom is 0.226 e. The van der Waals surface area contributed by atoms with Crippen molar-refractivity contribution < 1.29 is 4.74 Å². The minimum absolute atomic E-state index is 0.627. The Morgan fingerprint density at radius 1 is 1.29 bits per heavy atom. The maximum absolute atomic E-state index is 5.92. The van der Waals surface area contributed by atoms with Gasteiger partial charge in [0, 0.05) is 19.1 Å². The van der Waals surface area contributed by atoms with Crippen molar-refractivity contribution in [1.29, 1.82) is 0 Å². The van der Waals surface area contributed by atoms with E-state index in [2.05, 4.69) is 27.2 Å². The molecule has 0 saturated heterocycles. The molecule has 1 aliphatic rings. The van der Waals surface area contributed by atoms with Gasteiger partial charge in [0.15, 0.2) is 0 Å². The SMILES string of the molecule is CCNc1nc(OCCN(C)C2CC2)c2ccccc2n1. The van der Waals surface area contributed by atoms with Crippen LogP contribution in [0.2, 0.25) is 0 Å². The number of nitrogens with one attached hydrogen (secondary N) is 1. The summed E-state index contributed by atoms with van der Waals surface area (Å²) in [5, 5.41) is 4.12. The Labute approximate surface area is 125 Å². The summed E-state index contributed by atoms with van der Waals surface area (Å²) in [7, 11) is 2.16. The van der Waals surface area contributed by atoms with Crippen LogP contribution < -0.4 is 10.1 Å². The van der Waals surface area contributed by atoms with Crippen LogP contribution in [0.15, 0.2) is 24.3 Å². The predicted octanol–water partition coefficient (Wildman–Crippen LogP) is 2.53. The minimum Gasteiger partial charge on any atom is -0.476 e. The van der Waals surface area contributed by atoms with Crippen LogP contribution in [0, 0.1) is 0 Å². The highest BCUT2D eigenvalue weighted by Crippen LogP contribution is 2.26. The van der Waals surface area contributed by atoms with Gasteiger partial charge in [-0.25, -0.2) is 4.98 Å². The molecule has 0 aliphatic heterocycles. The van der Waals surface area contributed by atoms with Crippen LogP contribution in [0.3, 0.4) is 0 Å². The summed E-state index contributed by atoms with van der Waals surface area (Å²) >= 11 is 0. The largest absolute Gasteiger partial charge is 0.476 e. The van der Waals surface area contributed by atoms with Crippen molar-refractivity contribution >= 4 is 16.9 Å². The standard InChI is InChI=1S/C16H22N4O/c1-3-17-16-18-14-7-5-4-6-13(14)15(19-16)21-11-10-20(2)12-8-9-12/h4-7,12H,3,8-11H2,1-2H3,(H,17,18,19). The molecule has 1 aromatic heterocycles. The van der Waals surface area contributed by atoms with Gasteiger partial charge in [0.25, 0.3) is 0 Å². The van der Waals surface area contributed by atoms with E-state index in [4.69, 9.17) is 4.74 Å². The molecule has 1 fully saturated rings. The molecule has 2 aromatic rings. The van der Waals surface area contributed by atoms with E-state index in [1.807, 2.05) is 31.2 Å². The fraction of sp³-hybridized carbons (Fsp3) is 0.500. The fourth-order valence-electron chi connectivity index (χ4n) is 2.38. The lowest BCUT2D eigenvalue weighted by Gasteiger charge is -2.16. The number of hydrogen-bond donors (Lipinski definition) is 1. The topological polar surface area (TPSA) is 50.3 Å². The molecule has 5 heteroatoms. The molecular formula is C16H22N4O. The molecule has 21 heavy (non-hydrogen) atoms. The van der Waals surface area contributed by atoms with Gasteiger partial charge in [0.05, 0.1) is 10.9 Å². The van der Waals surface area contributed by atoms with E-state index < -0.39 is 0 Å². The number of nitrogens with zero attached hydrogens (tertiary/aromatic N) is 3. The molecule has 0 bridgehead atoms. The molecule has 1 heterocycles. The number of aromatic nitrogens is 2. The van der Waals surface area contributed by atoms with Gasteiger partial charge in [-0.15, -0.1) is 0 Å². The summed E-state index contributed by atoms with van der Waals surface area (Å²) in [5.74, 6) is 1.29. The lowest BCUT2D eigenvalue weighted by molar-refractivity contribution is 0.228. The first-order valence-corrected chi connectivity index (χ1v) is 7.61. The second-order valence-electron chi connectivity index (χ2n) is 5.46. The number of rotatable bonds is 7. The Bertz CT molecular complexity index is 612. The van der Waals surface area contributed by atoms with Crippen LogP contribution in [0.25, 0.3) is 10.9 Å². The Morgan fingerprint density at radius 2 is 2.10 bits per heavy atom. The normalized spacial score (nSPS) is 14.6. The minimum atomic E-state index is 0.627. The Kier molecular flexibility index (Phi) is 4.20. The van der Waals surface area contributed by atoms with Gasteiger partial charge in [-0.1, -0.05) is 12.1 Å². The van der Waals surface area contributed by atoms with Crippen LogP contribution in [0.5, 0.6) is 5.88 Å². The van der Waals surface area contributed by atoms with Gasteiger partial charge in [0.1, 0.15) is 6.61 Å². The number of fused-ring (bicyclic) bond motifs is 1. The van der Waals surface area contributed by atoms with Gasteiger partial charge < -0.3 is 15.0 Å². The maximum atomic E-state index is 5.92. The van der Waals surface area contributed by atoms with Crippen molar-refractivity contribution in [3.63, 3.8) is 0 Å². The zero-order valence-electron chi connectivity index (χ0n) is 12.7. The van der Waals surface area contributed by atoms with Crippen molar-refractivity contribution in [1.82, 2.24) is 14.9 Å². The molecule has 0 radical (unpaired) electrons. The highest BCUT2D eigenvalue weighted by Gasteiger charge is 2.25. The highest BCUT2D eigenvalue weighted by molar-refractivity contribution is 5.84. The molecule has 0 atom stereocenters. The van der Waals surface area contributed by atoms with Gasteiger partial charge in [-0.05, 0) is 38.9 Å². The smallest absolute Gasteiger partial charge is 0.226 e. The molecule has 1 aromatic carbocycles. The molecule has 0 spiro atoms. The van der Waals surface area contributed by atoms with E-state index in [9.17, 15) is 0 Å². The summed E-state index contributed by atoms with van der Waals surface area (Å²) in [4.78, 5) is 11.3. The van der Waals surface area contributed by atoms with Crippen LogP contribution in [-0.2, 0) is 0 Å². The third-order valence-electron chi connectivity index (χ3n) is 3.76. The first-order chi connectivity index (χ1) is 10.3. The second-order valence-corrected chi connectivity index (χ2v) is 5.46. The van der Waals surface area contributed by atoms with Crippen molar-refractivity contribution in [3.8, 4) is 5.88 Å². The molecule has 1 aliphatic carbocycles. The summed E-state index contributed by atoms with van der Waals surface area (Å²) < 4.78 is 5.92. The number of ether oxygens (including phenoxy) is 1. The zero-order chi connectivity index (χ0) is 14.7. The van der Waals surface area contributed by atoms with E-state index in [1.165, 1.54) is 12.8 Å². The summed E-state index contributed by atoms with van der Waals surface area (Å²) in [6.07, 6.45) is 2.63. The number of anilines is 1. The zero-order valence-corrected chi connectivity index (χ0v) is 12.7. The number of para-hydroxylation sites is 1. The van der Waals surface area contributed by atoms with Crippen LogP contribution in [-0.4, -0.2) is 47.7 Å². The molecule has 1 saturated carbocycles. The van der Waals surface area contributed by atoms with Crippen molar-refractivity contribution in [3.05, 3.63) is 24.3 Å². The van der Waals surface area contributed by atoms with E-state index >= 15 is 0 Å². The molecule has 0 unspecified atom stereocenters. The third kappa shape index (κ3) is 3.42. The fourth-order valence-corrected chi connectivity index (χ4v) is 2.38. The Balaban J connectivity index is 1.75. The average Bonchev–Trinajstić information content (AvgIpc) is 3.32. The molecule has 112 valence electrons. The molecule has 3 rings (SSSR count). The number of hydrogen-bond acceptors (Lipinski definition) is 5. The van der Waals surface area contributed by atoms with Crippen molar-refractivity contribution in [2.24, 2.45) is 0 Å². The Morgan fingerprint density at radius 3 is 2.86 bits per heavy atom. The molecular weight excluding hydrogens is 264 g/mol. The van der Waals surface area contributed by atoms with E-state index in [0.29, 0.717) is 18.4 Å². The monoisotopic (exact) mass is 286 g/mol. The van der Waals surface area contributed by atoms with Crippen molar-refractivity contribution in [2.45, 2.75) is 25.8 Å². The lowest BCUT2D eigenvalue weighted by Crippen LogP contribution is -2.26. The van der Waals surface area contributed by atoms with Gasteiger partial charge in [-0.2, -0.15) is 4.98 Å². The number of benzene rings is 1. The molecule has 1 N–H and O–H groups in total. The quantitative estimate of drug-likeness (QED) is 0.847.